The predicted octanol–water partition coefficient (Wildman–Crippen LogP) is 4.40. The summed E-state index contributed by atoms with van der Waals surface area (Å²) in [4.78, 5) is 12.0. The number of halogens is 2. The molecular weight excluding hydrogens is 370 g/mol. The van der Waals surface area contributed by atoms with E-state index in [0.29, 0.717) is 16.5 Å². The molecule has 22 heavy (non-hydrogen) atoms. The van der Waals surface area contributed by atoms with Crippen molar-refractivity contribution in [2.24, 2.45) is 0 Å². The molecule has 0 unspecified atom stereocenters. The highest BCUT2D eigenvalue weighted by molar-refractivity contribution is 9.10. The number of carbonyl (C=O) groups excluding carboxylic acids is 1. The molecule has 0 atom stereocenters. The first-order valence-corrected chi connectivity index (χ1v) is 7.45. The van der Waals surface area contributed by atoms with E-state index in [1.54, 1.807) is 24.3 Å². The number of benzene rings is 2. The number of hydrogen-bond donors (Lipinski definition) is 1. The van der Waals surface area contributed by atoms with Crippen molar-refractivity contribution in [2.75, 3.05) is 5.32 Å². The van der Waals surface area contributed by atoms with Crippen LogP contribution in [0.1, 0.15) is 10.4 Å². The average molecular weight is 379 g/mol. The number of nitrogens with one attached hydrogen (secondary N) is 1. The lowest BCUT2D eigenvalue weighted by Crippen LogP contribution is -2.11. The van der Waals surface area contributed by atoms with Gasteiger partial charge in [0.25, 0.3) is 5.91 Å². The lowest BCUT2D eigenvalue weighted by Gasteiger charge is -2.00. The maximum atomic E-state index is 12.0. The zero-order valence-electron chi connectivity index (χ0n) is 11.1. The summed E-state index contributed by atoms with van der Waals surface area (Å²) in [6.07, 6.45) is 0. The van der Waals surface area contributed by atoms with Gasteiger partial charge in [0, 0.05) is 20.6 Å². The molecule has 0 aliphatic heterocycles. The molecule has 1 N–H and O–H groups in total. The van der Waals surface area contributed by atoms with Crippen LogP contribution >= 0.6 is 27.5 Å². The zero-order chi connectivity index (χ0) is 15.5. The average Bonchev–Trinajstić information content (AvgIpc) is 2.96. The molecule has 0 saturated carbocycles. The Bertz CT molecular complexity index is 818. The Hall–Kier alpha value is -2.18. The summed E-state index contributed by atoms with van der Waals surface area (Å²) in [5.74, 6) is -0.0196. The van der Waals surface area contributed by atoms with Crippen LogP contribution in [0.5, 0.6) is 0 Å². The topological polar surface area (TPSA) is 68.0 Å². The lowest BCUT2D eigenvalue weighted by molar-refractivity contribution is 0.102. The van der Waals surface area contributed by atoms with E-state index >= 15 is 0 Å². The summed E-state index contributed by atoms with van der Waals surface area (Å²) in [6.45, 7) is 0. The Morgan fingerprint density at radius 2 is 1.91 bits per heavy atom. The Labute approximate surface area is 139 Å². The molecule has 3 rings (SSSR count). The van der Waals surface area contributed by atoms with Crippen molar-refractivity contribution in [1.82, 2.24) is 10.2 Å². The first kappa shape index (κ1) is 14.7. The van der Waals surface area contributed by atoms with Crippen molar-refractivity contribution in [2.45, 2.75) is 0 Å². The molecule has 0 aliphatic carbocycles. The summed E-state index contributed by atoms with van der Waals surface area (Å²) in [6, 6.07) is 14.0. The van der Waals surface area contributed by atoms with Gasteiger partial charge in [0.05, 0.1) is 0 Å². The first-order valence-electron chi connectivity index (χ1n) is 6.28. The maximum absolute atomic E-state index is 12.0. The SMILES string of the molecule is O=C(Nc1nnc(-c2cccc(Br)c2)o1)c1ccc(Cl)cc1. The molecule has 2 aromatic carbocycles. The van der Waals surface area contributed by atoms with Gasteiger partial charge in [0.2, 0.25) is 5.89 Å². The molecule has 1 heterocycles. The van der Waals surface area contributed by atoms with E-state index in [4.69, 9.17) is 16.0 Å². The van der Waals surface area contributed by atoms with Gasteiger partial charge < -0.3 is 4.42 Å². The molecule has 110 valence electrons. The van der Waals surface area contributed by atoms with Crippen LogP contribution in [0, 0.1) is 0 Å². The van der Waals surface area contributed by atoms with Gasteiger partial charge in [-0.25, -0.2) is 0 Å². The highest BCUT2D eigenvalue weighted by Gasteiger charge is 2.12. The predicted molar refractivity (Wildman–Crippen MR) is 86.8 cm³/mol. The van der Waals surface area contributed by atoms with Crippen LogP contribution in [0.25, 0.3) is 11.5 Å². The van der Waals surface area contributed by atoms with E-state index < -0.39 is 0 Å². The minimum absolute atomic E-state index is 0.0370. The number of rotatable bonds is 3. The van der Waals surface area contributed by atoms with Crippen molar-refractivity contribution in [1.29, 1.82) is 0 Å². The summed E-state index contributed by atoms with van der Waals surface area (Å²) >= 11 is 9.16. The van der Waals surface area contributed by atoms with E-state index in [0.717, 1.165) is 10.0 Å². The molecule has 5 nitrogen and oxygen atoms in total. The van der Waals surface area contributed by atoms with Gasteiger partial charge in [-0.15, -0.1) is 5.10 Å². The fourth-order valence-electron chi connectivity index (χ4n) is 1.78. The summed E-state index contributed by atoms with van der Waals surface area (Å²) in [7, 11) is 0. The molecule has 0 saturated heterocycles. The summed E-state index contributed by atoms with van der Waals surface area (Å²) in [5.41, 5.74) is 1.21. The fourth-order valence-corrected chi connectivity index (χ4v) is 2.31. The number of aromatic nitrogens is 2. The minimum Gasteiger partial charge on any atom is -0.403 e. The van der Waals surface area contributed by atoms with Gasteiger partial charge in [-0.1, -0.05) is 38.7 Å². The quantitative estimate of drug-likeness (QED) is 0.733. The van der Waals surface area contributed by atoms with Crippen molar-refractivity contribution >= 4 is 39.5 Å². The summed E-state index contributed by atoms with van der Waals surface area (Å²) in [5, 5.41) is 10.8. The van der Waals surface area contributed by atoms with Gasteiger partial charge in [-0.2, -0.15) is 0 Å². The first-order chi connectivity index (χ1) is 10.6. The van der Waals surface area contributed by atoms with Crippen molar-refractivity contribution < 1.29 is 9.21 Å². The molecule has 3 aromatic rings. The highest BCUT2D eigenvalue weighted by atomic mass is 79.9. The Morgan fingerprint density at radius 3 is 2.64 bits per heavy atom. The second-order valence-electron chi connectivity index (χ2n) is 4.38. The summed E-state index contributed by atoms with van der Waals surface area (Å²) < 4.78 is 6.34. The van der Waals surface area contributed by atoms with Crippen molar-refractivity contribution in [3.05, 3.63) is 63.6 Å². The molecule has 0 fully saturated rings. The van der Waals surface area contributed by atoms with Crippen LogP contribution in [0.15, 0.2) is 57.4 Å². The van der Waals surface area contributed by atoms with Crippen molar-refractivity contribution in [3.63, 3.8) is 0 Å². The van der Waals surface area contributed by atoms with E-state index in [-0.39, 0.29) is 11.9 Å². The number of nitrogens with zero attached hydrogens (tertiary/aromatic N) is 2. The van der Waals surface area contributed by atoms with Crippen LogP contribution < -0.4 is 5.32 Å². The molecule has 0 aliphatic rings. The van der Waals surface area contributed by atoms with Crippen LogP contribution in [0.2, 0.25) is 5.02 Å². The Kier molecular flexibility index (Phi) is 4.22. The molecule has 1 aromatic heterocycles. The van der Waals surface area contributed by atoms with Crippen LogP contribution in [-0.2, 0) is 0 Å². The maximum Gasteiger partial charge on any atom is 0.322 e. The highest BCUT2D eigenvalue weighted by Crippen LogP contribution is 2.23. The smallest absolute Gasteiger partial charge is 0.322 e. The van der Waals surface area contributed by atoms with E-state index in [9.17, 15) is 4.79 Å². The number of carbonyl (C=O) groups is 1. The molecule has 1 amide bonds. The van der Waals surface area contributed by atoms with E-state index in [1.165, 1.54) is 0 Å². The monoisotopic (exact) mass is 377 g/mol. The standard InChI is InChI=1S/C15H9BrClN3O2/c16-11-3-1-2-10(8-11)14-19-20-15(22-14)18-13(21)9-4-6-12(17)7-5-9/h1-8H,(H,18,20,21). The van der Waals surface area contributed by atoms with Gasteiger partial charge in [0.1, 0.15) is 0 Å². The normalized spacial score (nSPS) is 10.5. The van der Waals surface area contributed by atoms with Crippen LogP contribution in [0.4, 0.5) is 6.01 Å². The largest absolute Gasteiger partial charge is 0.403 e. The molecular formula is C15H9BrClN3O2. The van der Waals surface area contributed by atoms with Crippen molar-refractivity contribution in [3.8, 4) is 11.5 Å². The number of anilines is 1. The Morgan fingerprint density at radius 1 is 1.14 bits per heavy atom. The van der Waals surface area contributed by atoms with Gasteiger partial charge >= 0.3 is 6.01 Å². The third-order valence-corrected chi connectivity index (χ3v) is 3.57. The second-order valence-corrected chi connectivity index (χ2v) is 5.74. The fraction of sp³-hybridized carbons (Fsp3) is 0. The third-order valence-electron chi connectivity index (χ3n) is 2.82. The molecule has 7 heteroatoms. The molecule has 0 spiro atoms. The Balaban J connectivity index is 1.77. The van der Waals surface area contributed by atoms with Gasteiger partial charge in [0.15, 0.2) is 0 Å². The van der Waals surface area contributed by atoms with Crippen LogP contribution in [-0.4, -0.2) is 16.1 Å². The lowest BCUT2D eigenvalue weighted by atomic mass is 10.2. The van der Waals surface area contributed by atoms with Gasteiger partial charge in [-0.05, 0) is 42.5 Å². The zero-order valence-corrected chi connectivity index (χ0v) is 13.4. The van der Waals surface area contributed by atoms with Gasteiger partial charge in [-0.3, -0.25) is 10.1 Å². The van der Waals surface area contributed by atoms with Crippen LogP contribution in [0.3, 0.4) is 0 Å². The second kappa shape index (κ2) is 6.29. The minimum atomic E-state index is -0.346. The van der Waals surface area contributed by atoms with E-state index in [1.807, 2.05) is 24.3 Å². The van der Waals surface area contributed by atoms with E-state index in [2.05, 4.69) is 31.4 Å². The molecule has 0 radical (unpaired) electrons. The number of hydrogen-bond acceptors (Lipinski definition) is 4. The molecule has 0 bridgehead atoms. The number of amides is 1. The third kappa shape index (κ3) is 3.35.